The molecular weight excluding hydrogens is 350 g/mol. The van der Waals surface area contributed by atoms with E-state index in [-0.39, 0.29) is 5.75 Å². The molecule has 0 radical (unpaired) electrons. The number of hydrogen-bond acceptors (Lipinski definition) is 4. The van der Waals surface area contributed by atoms with Crippen LogP contribution in [0.2, 0.25) is 5.02 Å². The Morgan fingerprint density at radius 3 is 2.46 bits per heavy atom. The number of benzene rings is 3. The van der Waals surface area contributed by atoms with Gasteiger partial charge in [-0.15, -0.1) is 0 Å². The van der Waals surface area contributed by atoms with E-state index >= 15 is 0 Å². The highest BCUT2D eigenvalue weighted by atomic mass is 35.5. The first kappa shape index (κ1) is 18.0. The maximum Gasteiger partial charge on any atom is 0.161 e. The first-order valence-corrected chi connectivity index (χ1v) is 8.59. The highest BCUT2D eigenvalue weighted by Crippen LogP contribution is 2.29. The summed E-state index contributed by atoms with van der Waals surface area (Å²) < 4.78 is 11.3. The number of aromatic hydroxyl groups is 1. The van der Waals surface area contributed by atoms with Gasteiger partial charge in [-0.05, 0) is 59.7 Å². The molecule has 3 rings (SSSR count). The normalized spacial score (nSPS) is 10.4. The molecule has 3 aromatic carbocycles. The molecule has 26 heavy (non-hydrogen) atoms. The summed E-state index contributed by atoms with van der Waals surface area (Å²) in [5, 5.41) is 13.3. The minimum absolute atomic E-state index is 0.249. The molecule has 0 bridgehead atoms. The van der Waals surface area contributed by atoms with E-state index < -0.39 is 0 Å². The molecule has 0 spiro atoms. The van der Waals surface area contributed by atoms with Gasteiger partial charge in [0.05, 0.1) is 7.11 Å². The van der Waals surface area contributed by atoms with Gasteiger partial charge in [-0.1, -0.05) is 29.8 Å². The first-order chi connectivity index (χ1) is 12.6. The summed E-state index contributed by atoms with van der Waals surface area (Å²) in [6, 6.07) is 20.4. The summed E-state index contributed by atoms with van der Waals surface area (Å²) in [5.74, 6) is 1.61. The number of anilines is 1. The number of halogens is 1. The van der Waals surface area contributed by atoms with E-state index in [0.717, 1.165) is 16.8 Å². The van der Waals surface area contributed by atoms with Crippen molar-refractivity contribution < 1.29 is 14.6 Å². The van der Waals surface area contributed by atoms with E-state index in [1.807, 2.05) is 54.6 Å². The zero-order valence-corrected chi connectivity index (χ0v) is 15.2. The summed E-state index contributed by atoms with van der Waals surface area (Å²) in [4.78, 5) is 0. The third-order valence-corrected chi connectivity index (χ3v) is 4.11. The molecule has 0 saturated carbocycles. The highest BCUT2D eigenvalue weighted by molar-refractivity contribution is 6.30. The van der Waals surface area contributed by atoms with Gasteiger partial charge in [-0.25, -0.2) is 0 Å². The van der Waals surface area contributed by atoms with Crippen LogP contribution in [-0.4, -0.2) is 12.2 Å². The van der Waals surface area contributed by atoms with Crippen LogP contribution in [0.15, 0.2) is 66.7 Å². The monoisotopic (exact) mass is 369 g/mol. The van der Waals surface area contributed by atoms with Crippen LogP contribution in [0.25, 0.3) is 0 Å². The summed E-state index contributed by atoms with van der Waals surface area (Å²) in [7, 11) is 1.62. The molecule has 0 atom stereocenters. The minimum Gasteiger partial charge on any atom is -0.508 e. The fraction of sp³-hybridized carbons (Fsp3) is 0.143. The number of nitrogens with one attached hydrogen (secondary N) is 1. The number of ether oxygens (including phenoxy) is 2. The van der Waals surface area contributed by atoms with Gasteiger partial charge in [0.25, 0.3) is 0 Å². The predicted octanol–water partition coefficient (Wildman–Crippen LogP) is 5.25. The summed E-state index contributed by atoms with van der Waals surface area (Å²) in [5.41, 5.74) is 2.99. The number of hydrogen-bond donors (Lipinski definition) is 2. The van der Waals surface area contributed by atoms with Crippen molar-refractivity contribution in [3.05, 3.63) is 82.9 Å². The molecule has 2 N–H and O–H groups in total. The lowest BCUT2D eigenvalue weighted by molar-refractivity contribution is 0.284. The lowest BCUT2D eigenvalue weighted by atomic mass is 10.2. The standard InChI is InChI=1S/C21H20ClNO3/c1-25-21-12-15(13-23-18-6-8-19(24)9-7-18)5-10-20(21)26-14-16-3-2-4-17(22)11-16/h2-12,23-24H,13-14H2,1H3. The Bertz CT molecular complexity index is 865. The van der Waals surface area contributed by atoms with Crippen LogP contribution in [0.1, 0.15) is 11.1 Å². The van der Waals surface area contributed by atoms with Gasteiger partial charge in [-0.2, -0.15) is 0 Å². The van der Waals surface area contributed by atoms with Crippen LogP contribution in [0.3, 0.4) is 0 Å². The highest BCUT2D eigenvalue weighted by Gasteiger charge is 2.07. The fourth-order valence-electron chi connectivity index (χ4n) is 2.51. The zero-order valence-electron chi connectivity index (χ0n) is 14.4. The third kappa shape index (κ3) is 4.83. The quantitative estimate of drug-likeness (QED) is 0.559. The second kappa shape index (κ2) is 8.50. The van der Waals surface area contributed by atoms with Crippen molar-refractivity contribution in [2.75, 3.05) is 12.4 Å². The van der Waals surface area contributed by atoms with Gasteiger partial charge < -0.3 is 19.9 Å². The van der Waals surface area contributed by atoms with E-state index in [1.165, 1.54) is 0 Å². The Labute approximate surface area is 158 Å². The van der Waals surface area contributed by atoms with Crippen molar-refractivity contribution in [2.45, 2.75) is 13.2 Å². The van der Waals surface area contributed by atoms with E-state index in [1.54, 1.807) is 19.2 Å². The maximum atomic E-state index is 9.32. The van der Waals surface area contributed by atoms with Gasteiger partial charge in [0.2, 0.25) is 0 Å². The molecule has 3 aromatic rings. The first-order valence-electron chi connectivity index (χ1n) is 8.21. The number of rotatable bonds is 7. The van der Waals surface area contributed by atoms with Crippen molar-refractivity contribution in [3.63, 3.8) is 0 Å². The third-order valence-electron chi connectivity index (χ3n) is 3.88. The largest absolute Gasteiger partial charge is 0.508 e. The molecule has 0 aliphatic rings. The van der Waals surface area contributed by atoms with Gasteiger partial charge in [0, 0.05) is 17.3 Å². The molecule has 134 valence electrons. The van der Waals surface area contributed by atoms with Crippen LogP contribution >= 0.6 is 11.6 Å². The summed E-state index contributed by atoms with van der Waals surface area (Å²) in [6.45, 7) is 1.05. The minimum atomic E-state index is 0.249. The summed E-state index contributed by atoms with van der Waals surface area (Å²) in [6.07, 6.45) is 0. The van der Waals surface area contributed by atoms with E-state index in [4.69, 9.17) is 21.1 Å². The van der Waals surface area contributed by atoms with Crippen molar-refractivity contribution in [2.24, 2.45) is 0 Å². The second-order valence-corrected chi connectivity index (χ2v) is 6.24. The van der Waals surface area contributed by atoms with Crippen LogP contribution in [0, 0.1) is 0 Å². The molecule has 0 aliphatic heterocycles. The van der Waals surface area contributed by atoms with Crippen molar-refractivity contribution in [1.29, 1.82) is 0 Å². The zero-order chi connectivity index (χ0) is 18.4. The average Bonchev–Trinajstić information content (AvgIpc) is 2.66. The average molecular weight is 370 g/mol. The van der Waals surface area contributed by atoms with Crippen molar-refractivity contribution >= 4 is 17.3 Å². The molecule has 0 heterocycles. The van der Waals surface area contributed by atoms with E-state index in [2.05, 4.69) is 5.32 Å². The molecule has 0 aromatic heterocycles. The molecule has 0 amide bonds. The smallest absolute Gasteiger partial charge is 0.161 e. The predicted molar refractivity (Wildman–Crippen MR) is 104 cm³/mol. The topological polar surface area (TPSA) is 50.7 Å². The molecule has 0 unspecified atom stereocenters. The molecular formula is C21H20ClNO3. The molecule has 4 nitrogen and oxygen atoms in total. The molecule has 0 aliphatic carbocycles. The van der Waals surface area contributed by atoms with Crippen LogP contribution in [-0.2, 0) is 13.2 Å². The lowest BCUT2D eigenvalue weighted by Crippen LogP contribution is -2.01. The van der Waals surface area contributed by atoms with Gasteiger partial charge >= 0.3 is 0 Å². The van der Waals surface area contributed by atoms with E-state index in [0.29, 0.717) is 29.7 Å². The Morgan fingerprint density at radius 1 is 0.923 bits per heavy atom. The van der Waals surface area contributed by atoms with Crippen LogP contribution in [0.5, 0.6) is 17.2 Å². The Balaban J connectivity index is 1.64. The van der Waals surface area contributed by atoms with Gasteiger partial charge in [-0.3, -0.25) is 0 Å². The SMILES string of the molecule is COc1cc(CNc2ccc(O)cc2)ccc1OCc1cccc(Cl)c1. The van der Waals surface area contributed by atoms with E-state index in [9.17, 15) is 5.11 Å². The molecule has 0 fully saturated rings. The Morgan fingerprint density at radius 2 is 1.73 bits per heavy atom. The maximum absolute atomic E-state index is 9.32. The van der Waals surface area contributed by atoms with Gasteiger partial charge in [0.15, 0.2) is 11.5 Å². The lowest BCUT2D eigenvalue weighted by Gasteiger charge is -2.13. The number of phenolic OH excluding ortho intramolecular Hbond substituents is 1. The van der Waals surface area contributed by atoms with Crippen LogP contribution in [0.4, 0.5) is 5.69 Å². The number of methoxy groups -OCH3 is 1. The Kier molecular flexibility index (Phi) is 5.87. The van der Waals surface area contributed by atoms with Crippen molar-refractivity contribution in [3.8, 4) is 17.2 Å². The fourth-order valence-corrected chi connectivity index (χ4v) is 2.73. The second-order valence-electron chi connectivity index (χ2n) is 5.80. The number of phenols is 1. The van der Waals surface area contributed by atoms with Crippen LogP contribution < -0.4 is 14.8 Å². The Hall–Kier alpha value is -2.85. The molecule has 0 saturated heterocycles. The summed E-state index contributed by atoms with van der Waals surface area (Å²) >= 11 is 6.00. The van der Waals surface area contributed by atoms with Gasteiger partial charge in [0.1, 0.15) is 12.4 Å². The van der Waals surface area contributed by atoms with Crippen molar-refractivity contribution in [1.82, 2.24) is 0 Å². The molecule has 5 heteroatoms.